The highest BCUT2D eigenvalue weighted by molar-refractivity contribution is 5.89. The summed E-state index contributed by atoms with van der Waals surface area (Å²) in [5.41, 5.74) is 1.77. The first-order chi connectivity index (χ1) is 8.59. The summed E-state index contributed by atoms with van der Waals surface area (Å²) in [7, 11) is 4.15. The summed E-state index contributed by atoms with van der Waals surface area (Å²) in [5, 5.41) is 4.36. The van der Waals surface area contributed by atoms with Gasteiger partial charge in [0.15, 0.2) is 0 Å². The Morgan fingerprint density at radius 2 is 2.06 bits per heavy atom. The predicted molar refractivity (Wildman–Crippen MR) is 72.9 cm³/mol. The number of nitrogens with one attached hydrogen (secondary N) is 1. The van der Waals surface area contributed by atoms with E-state index in [1.807, 2.05) is 13.8 Å². The first-order valence-corrected chi connectivity index (χ1v) is 6.19. The molecule has 0 radical (unpaired) electrons. The average molecular weight is 248 g/mol. The topological polar surface area (TPSA) is 54.2 Å². The number of aryl methyl sites for hydroxylation is 2. The molecular formula is C13H20N4O. The van der Waals surface area contributed by atoms with Crippen LogP contribution >= 0.6 is 0 Å². The van der Waals surface area contributed by atoms with Crippen molar-refractivity contribution in [1.29, 1.82) is 0 Å². The number of furan rings is 1. The predicted octanol–water partition coefficient (Wildman–Crippen LogP) is 2.20. The van der Waals surface area contributed by atoms with Gasteiger partial charge in [0.25, 0.3) is 0 Å². The number of hydrogen-bond acceptors (Lipinski definition) is 5. The van der Waals surface area contributed by atoms with Gasteiger partial charge >= 0.3 is 0 Å². The van der Waals surface area contributed by atoms with Crippen LogP contribution in [0.5, 0.6) is 0 Å². The maximum atomic E-state index is 5.58. The molecule has 0 aliphatic heterocycles. The molecule has 0 aliphatic carbocycles. The van der Waals surface area contributed by atoms with Gasteiger partial charge in [-0.05, 0) is 40.9 Å². The molecule has 0 aliphatic rings. The molecule has 2 aromatic rings. The maximum absolute atomic E-state index is 5.58. The van der Waals surface area contributed by atoms with Crippen LogP contribution in [0.2, 0.25) is 0 Å². The number of rotatable bonds is 5. The van der Waals surface area contributed by atoms with Crippen LogP contribution in [0.25, 0.3) is 11.1 Å². The Morgan fingerprint density at radius 3 is 2.78 bits per heavy atom. The third-order valence-electron chi connectivity index (χ3n) is 3.04. The molecule has 0 bridgehead atoms. The van der Waals surface area contributed by atoms with Gasteiger partial charge in [0.05, 0.1) is 5.39 Å². The zero-order valence-corrected chi connectivity index (χ0v) is 11.4. The Kier molecular flexibility index (Phi) is 3.81. The lowest BCUT2D eigenvalue weighted by Gasteiger charge is -2.10. The summed E-state index contributed by atoms with van der Waals surface area (Å²) < 4.78 is 5.58. The lowest BCUT2D eigenvalue weighted by molar-refractivity contribution is 0.405. The molecule has 98 valence electrons. The van der Waals surface area contributed by atoms with E-state index in [4.69, 9.17) is 4.42 Å². The molecule has 0 spiro atoms. The highest BCUT2D eigenvalue weighted by Gasteiger charge is 2.12. The summed E-state index contributed by atoms with van der Waals surface area (Å²) >= 11 is 0. The molecule has 5 heteroatoms. The van der Waals surface area contributed by atoms with Crippen LogP contribution in [0.1, 0.15) is 17.7 Å². The maximum Gasteiger partial charge on any atom is 0.231 e. The minimum Gasteiger partial charge on any atom is -0.443 e. The first kappa shape index (κ1) is 12.8. The molecule has 2 heterocycles. The van der Waals surface area contributed by atoms with Crippen molar-refractivity contribution in [2.75, 3.05) is 32.5 Å². The van der Waals surface area contributed by atoms with Crippen LogP contribution in [-0.4, -0.2) is 42.1 Å². The molecule has 2 rings (SSSR count). The van der Waals surface area contributed by atoms with Crippen LogP contribution in [0.3, 0.4) is 0 Å². The largest absolute Gasteiger partial charge is 0.443 e. The van der Waals surface area contributed by atoms with E-state index in [0.717, 1.165) is 42.0 Å². The quantitative estimate of drug-likeness (QED) is 0.822. The van der Waals surface area contributed by atoms with Crippen LogP contribution in [0.4, 0.5) is 5.82 Å². The number of aromatic nitrogens is 2. The lowest BCUT2D eigenvalue weighted by atomic mass is 10.2. The molecule has 0 unspecified atom stereocenters. The minimum absolute atomic E-state index is 0.662. The third-order valence-corrected chi connectivity index (χ3v) is 3.04. The van der Waals surface area contributed by atoms with Crippen molar-refractivity contribution in [2.24, 2.45) is 0 Å². The molecule has 0 amide bonds. The molecule has 0 fully saturated rings. The van der Waals surface area contributed by atoms with E-state index in [0.29, 0.717) is 5.71 Å². The smallest absolute Gasteiger partial charge is 0.231 e. The first-order valence-electron chi connectivity index (χ1n) is 6.19. The average Bonchev–Trinajstić information content (AvgIpc) is 2.61. The minimum atomic E-state index is 0.662. The lowest BCUT2D eigenvalue weighted by Crippen LogP contribution is -2.16. The highest BCUT2D eigenvalue weighted by Crippen LogP contribution is 2.27. The number of hydrogen-bond donors (Lipinski definition) is 1. The van der Waals surface area contributed by atoms with Crippen LogP contribution in [-0.2, 0) is 0 Å². The second-order valence-electron chi connectivity index (χ2n) is 4.77. The normalized spacial score (nSPS) is 11.4. The van der Waals surface area contributed by atoms with Crippen LogP contribution < -0.4 is 5.32 Å². The summed E-state index contributed by atoms with van der Waals surface area (Å²) in [5.74, 6) is 1.77. The zero-order valence-electron chi connectivity index (χ0n) is 11.4. The molecule has 0 saturated carbocycles. The third kappa shape index (κ3) is 2.61. The van der Waals surface area contributed by atoms with Crippen LogP contribution in [0.15, 0.2) is 10.7 Å². The van der Waals surface area contributed by atoms with Crippen molar-refractivity contribution >= 4 is 16.9 Å². The molecule has 0 aromatic carbocycles. The SMILES string of the molecule is Cc1oc2ncnc(NCCCN(C)C)c2c1C. The standard InChI is InChI=1S/C13H20N4O/c1-9-10(2)18-13-11(9)12(15-8-16-13)14-6-5-7-17(3)4/h8H,5-7H2,1-4H3,(H,14,15,16). The number of nitrogens with zero attached hydrogens (tertiary/aromatic N) is 3. The van der Waals surface area contributed by atoms with E-state index in [1.165, 1.54) is 0 Å². The summed E-state index contributed by atoms with van der Waals surface area (Å²) in [6.07, 6.45) is 2.62. The number of fused-ring (bicyclic) bond motifs is 1. The Bertz CT molecular complexity index is 533. The molecule has 5 nitrogen and oxygen atoms in total. The van der Waals surface area contributed by atoms with E-state index in [-0.39, 0.29) is 0 Å². The van der Waals surface area contributed by atoms with Gasteiger partial charge in [0.2, 0.25) is 5.71 Å². The van der Waals surface area contributed by atoms with Gasteiger partial charge in [-0.2, -0.15) is 0 Å². The van der Waals surface area contributed by atoms with Crippen molar-refractivity contribution in [2.45, 2.75) is 20.3 Å². The van der Waals surface area contributed by atoms with Crippen molar-refractivity contribution < 1.29 is 4.42 Å². The highest BCUT2D eigenvalue weighted by atomic mass is 16.3. The van der Waals surface area contributed by atoms with Gasteiger partial charge in [-0.15, -0.1) is 0 Å². The van der Waals surface area contributed by atoms with Crippen molar-refractivity contribution in [3.8, 4) is 0 Å². The number of anilines is 1. The fraction of sp³-hybridized carbons (Fsp3) is 0.538. The van der Waals surface area contributed by atoms with Crippen LogP contribution in [0, 0.1) is 13.8 Å². The van der Waals surface area contributed by atoms with E-state index in [9.17, 15) is 0 Å². The summed E-state index contributed by atoms with van der Waals surface area (Å²) in [6.45, 7) is 5.95. The zero-order chi connectivity index (χ0) is 13.1. The van der Waals surface area contributed by atoms with Gasteiger partial charge in [0, 0.05) is 12.1 Å². The summed E-state index contributed by atoms with van der Waals surface area (Å²) in [4.78, 5) is 10.6. The van der Waals surface area contributed by atoms with Gasteiger partial charge in [-0.1, -0.05) is 0 Å². The second kappa shape index (κ2) is 5.35. The van der Waals surface area contributed by atoms with Gasteiger partial charge in [0.1, 0.15) is 17.9 Å². The monoisotopic (exact) mass is 248 g/mol. The van der Waals surface area contributed by atoms with Gasteiger partial charge < -0.3 is 14.6 Å². The molecule has 0 saturated heterocycles. The van der Waals surface area contributed by atoms with Crippen molar-refractivity contribution in [3.63, 3.8) is 0 Å². The molecule has 2 aromatic heterocycles. The van der Waals surface area contributed by atoms with Gasteiger partial charge in [-0.3, -0.25) is 0 Å². The molecular weight excluding hydrogens is 228 g/mol. The van der Waals surface area contributed by atoms with E-state index in [2.05, 4.69) is 34.3 Å². The molecule has 18 heavy (non-hydrogen) atoms. The van der Waals surface area contributed by atoms with Crippen molar-refractivity contribution in [3.05, 3.63) is 17.7 Å². The Labute approximate surface area is 107 Å². The Balaban J connectivity index is 2.13. The van der Waals surface area contributed by atoms with E-state index >= 15 is 0 Å². The van der Waals surface area contributed by atoms with Gasteiger partial charge in [-0.25, -0.2) is 9.97 Å². The molecule has 0 atom stereocenters. The second-order valence-corrected chi connectivity index (χ2v) is 4.77. The Morgan fingerprint density at radius 1 is 1.28 bits per heavy atom. The van der Waals surface area contributed by atoms with Crippen molar-refractivity contribution in [1.82, 2.24) is 14.9 Å². The Hall–Kier alpha value is -1.62. The fourth-order valence-electron chi connectivity index (χ4n) is 1.92. The van der Waals surface area contributed by atoms with E-state index in [1.54, 1.807) is 6.33 Å². The molecule has 1 N–H and O–H groups in total. The fourth-order valence-corrected chi connectivity index (χ4v) is 1.92. The van der Waals surface area contributed by atoms with E-state index < -0.39 is 0 Å². The summed E-state index contributed by atoms with van der Waals surface area (Å²) in [6, 6.07) is 0.